The molecule has 0 radical (unpaired) electrons. The molecular weight excluding hydrogens is 708 g/mol. The zero-order chi connectivity index (χ0) is 38.7. The lowest BCUT2D eigenvalue weighted by Gasteiger charge is -2.49. The van der Waals surface area contributed by atoms with Crippen LogP contribution >= 0.6 is 0 Å². The third-order valence-corrected chi connectivity index (χ3v) is 9.56. The van der Waals surface area contributed by atoms with Crippen molar-refractivity contribution in [3.8, 4) is 0 Å². The summed E-state index contributed by atoms with van der Waals surface area (Å²) in [4.78, 5) is 23.8. The van der Waals surface area contributed by atoms with E-state index in [9.17, 15) is 65.8 Å². The second-order valence-electron chi connectivity index (χ2n) is 13.6. The second kappa shape index (κ2) is 18.2. The Morgan fingerprint density at radius 1 is 0.673 bits per heavy atom. The third kappa shape index (κ3) is 9.53. The monoisotopic (exact) mass is 760 g/mol. The van der Waals surface area contributed by atoms with E-state index in [-0.39, 0.29) is 6.42 Å². The average molecular weight is 761 g/mol. The van der Waals surface area contributed by atoms with Crippen LogP contribution in [0, 0.1) is 0 Å². The summed E-state index contributed by atoms with van der Waals surface area (Å²) in [6.45, 7) is 0.621. The van der Waals surface area contributed by atoms with Gasteiger partial charge in [0.1, 0.15) is 78.8 Å². The Hall–Kier alpha value is -1.78. The van der Waals surface area contributed by atoms with Crippen molar-refractivity contribution in [1.29, 1.82) is 0 Å². The van der Waals surface area contributed by atoms with Crippen molar-refractivity contribution in [3.63, 3.8) is 0 Å². The Morgan fingerprint density at radius 2 is 1.21 bits per heavy atom. The molecule has 12 unspecified atom stereocenters. The standard InChI is InChI=1S/C30H52N2O20/c1-10-17(31-11(2)36)13(38)4-30(8-35,52-10)9-47-27-18(32-12(3)37)21(41)26(15(6-34)49-27)51-29-25(45)23(43)20(40)16(50-29)7-46-28-24(44)22(42)19(39)14(5-33)48-28/h10,13-29,33-35,38-45H,4-9H2,1-3H3,(H,31,36)(H,32,37)/t10-,13?,14?,15?,16?,17?,18?,19+,20+,21?,22?,23?,24?,25?,26+,27+,28-,29-,30?/m0/s1. The first-order chi connectivity index (χ1) is 24.5. The first kappa shape index (κ1) is 43.0. The smallest absolute Gasteiger partial charge is 0.217 e. The van der Waals surface area contributed by atoms with Crippen LogP contribution in [0.4, 0.5) is 0 Å². The molecule has 19 atom stereocenters. The van der Waals surface area contributed by atoms with Gasteiger partial charge in [-0.25, -0.2) is 0 Å². The molecule has 0 aromatic carbocycles. The number of hydrogen-bond acceptors (Lipinski definition) is 20. The normalized spacial score (nSPS) is 47.1. The van der Waals surface area contributed by atoms with E-state index in [4.69, 9.17) is 33.2 Å². The fraction of sp³-hybridized carbons (Fsp3) is 0.933. The van der Waals surface area contributed by atoms with Crippen LogP contribution in [-0.4, -0.2) is 217 Å². The minimum atomic E-state index is -1.96. The molecule has 302 valence electrons. The van der Waals surface area contributed by atoms with Gasteiger partial charge < -0.3 is 100.0 Å². The van der Waals surface area contributed by atoms with E-state index < -0.39 is 161 Å². The summed E-state index contributed by atoms with van der Waals surface area (Å²) in [5, 5.41) is 119. The van der Waals surface area contributed by atoms with Gasteiger partial charge >= 0.3 is 0 Å². The van der Waals surface area contributed by atoms with Crippen LogP contribution < -0.4 is 10.6 Å². The highest BCUT2D eigenvalue weighted by Crippen LogP contribution is 2.34. The molecule has 0 aliphatic carbocycles. The van der Waals surface area contributed by atoms with Crippen LogP contribution in [0.15, 0.2) is 0 Å². The number of nitrogens with one attached hydrogen (secondary N) is 2. The summed E-state index contributed by atoms with van der Waals surface area (Å²) < 4.78 is 39.8. The number of amides is 2. The maximum Gasteiger partial charge on any atom is 0.217 e. The number of ether oxygens (including phenoxy) is 7. The van der Waals surface area contributed by atoms with E-state index in [1.165, 1.54) is 6.92 Å². The highest BCUT2D eigenvalue weighted by atomic mass is 16.8. The van der Waals surface area contributed by atoms with E-state index in [0.717, 1.165) is 6.92 Å². The summed E-state index contributed by atoms with van der Waals surface area (Å²) >= 11 is 0. The van der Waals surface area contributed by atoms with Crippen LogP contribution in [0.5, 0.6) is 0 Å². The molecular formula is C30H52N2O20. The van der Waals surface area contributed by atoms with Gasteiger partial charge in [-0.2, -0.15) is 0 Å². The van der Waals surface area contributed by atoms with E-state index in [1.807, 2.05) is 0 Å². The maximum absolute atomic E-state index is 12.2. The van der Waals surface area contributed by atoms with E-state index in [2.05, 4.69) is 10.6 Å². The molecule has 4 heterocycles. The summed E-state index contributed by atoms with van der Waals surface area (Å²) in [6.07, 6.45) is -25.7. The van der Waals surface area contributed by atoms with Crippen molar-refractivity contribution in [2.45, 2.75) is 143 Å². The van der Waals surface area contributed by atoms with E-state index in [1.54, 1.807) is 6.92 Å². The summed E-state index contributed by atoms with van der Waals surface area (Å²) in [5.41, 5.74) is -1.52. The molecule has 4 fully saturated rings. The van der Waals surface area contributed by atoms with Crippen molar-refractivity contribution >= 4 is 11.8 Å². The van der Waals surface area contributed by atoms with Crippen LogP contribution in [0.1, 0.15) is 27.2 Å². The summed E-state index contributed by atoms with van der Waals surface area (Å²) in [5.74, 6) is -1.07. The number of carbonyl (C=O) groups is 2. The lowest BCUT2D eigenvalue weighted by molar-refractivity contribution is -0.359. The number of aliphatic hydroxyl groups is 11. The zero-order valence-electron chi connectivity index (χ0n) is 28.7. The number of rotatable bonds is 13. The van der Waals surface area contributed by atoms with Gasteiger partial charge in [0.25, 0.3) is 0 Å². The molecule has 2 amide bonds. The van der Waals surface area contributed by atoms with Crippen LogP contribution in [0.2, 0.25) is 0 Å². The van der Waals surface area contributed by atoms with E-state index in [0.29, 0.717) is 0 Å². The van der Waals surface area contributed by atoms with Gasteiger partial charge in [-0.05, 0) is 6.92 Å². The molecule has 0 aromatic heterocycles. The molecule has 0 aromatic rings. The van der Waals surface area contributed by atoms with Crippen molar-refractivity contribution in [1.82, 2.24) is 10.6 Å². The maximum atomic E-state index is 12.2. The Bertz CT molecular complexity index is 1160. The van der Waals surface area contributed by atoms with Crippen molar-refractivity contribution in [2.24, 2.45) is 0 Å². The SMILES string of the molecule is CC(=O)NC1C(O)[C@H](O[C@@H]2OC(CO[C@H]3OC(CO)[C@@H](O)C(O)C3O)[C@@H](O)C(O)C2O)C(CO)O[C@H]1OCC1(CO)CC(O)C(NC(C)=O)[C@H](C)O1. The van der Waals surface area contributed by atoms with Gasteiger partial charge in [0.15, 0.2) is 18.9 Å². The minimum absolute atomic E-state index is 0.194. The minimum Gasteiger partial charge on any atom is -0.394 e. The van der Waals surface area contributed by atoms with Crippen molar-refractivity contribution in [2.75, 3.05) is 33.0 Å². The van der Waals surface area contributed by atoms with Crippen molar-refractivity contribution in [3.05, 3.63) is 0 Å². The Morgan fingerprint density at radius 3 is 1.77 bits per heavy atom. The Balaban J connectivity index is 1.46. The summed E-state index contributed by atoms with van der Waals surface area (Å²) in [6, 6.07) is -2.22. The van der Waals surface area contributed by atoms with E-state index >= 15 is 0 Å². The lowest BCUT2D eigenvalue weighted by atomic mass is 9.87. The zero-order valence-corrected chi connectivity index (χ0v) is 28.7. The Labute approximate surface area is 297 Å². The highest BCUT2D eigenvalue weighted by molar-refractivity contribution is 5.73. The van der Waals surface area contributed by atoms with Gasteiger partial charge in [-0.1, -0.05) is 0 Å². The predicted molar refractivity (Wildman–Crippen MR) is 165 cm³/mol. The molecule has 0 bridgehead atoms. The quantitative estimate of drug-likeness (QED) is 0.0829. The molecule has 13 N–H and O–H groups in total. The first-order valence-corrected chi connectivity index (χ1v) is 16.8. The van der Waals surface area contributed by atoms with Gasteiger partial charge in [-0.3, -0.25) is 9.59 Å². The molecule has 0 spiro atoms. The average Bonchev–Trinajstić information content (AvgIpc) is 3.10. The number of hydrogen-bond donors (Lipinski definition) is 13. The third-order valence-electron chi connectivity index (χ3n) is 9.56. The predicted octanol–water partition coefficient (Wildman–Crippen LogP) is -8.00. The molecule has 4 rings (SSSR count). The molecule has 4 aliphatic heterocycles. The molecule has 52 heavy (non-hydrogen) atoms. The van der Waals surface area contributed by atoms with Crippen molar-refractivity contribution < 1.29 is 98.9 Å². The summed E-state index contributed by atoms with van der Waals surface area (Å²) in [7, 11) is 0. The second-order valence-corrected chi connectivity index (χ2v) is 13.6. The molecule has 0 saturated carbocycles. The fourth-order valence-electron chi connectivity index (χ4n) is 6.74. The number of carbonyl (C=O) groups excluding carboxylic acids is 2. The fourth-order valence-corrected chi connectivity index (χ4v) is 6.74. The van der Waals surface area contributed by atoms with Gasteiger partial charge in [0.2, 0.25) is 11.8 Å². The van der Waals surface area contributed by atoms with Gasteiger partial charge in [-0.15, -0.1) is 0 Å². The number of aliphatic hydroxyl groups excluding tert-OH is 11. The largest absolute Gasteiger partial charge is 0.394 e. The Kier molecular flexibility index (Phi) is 15.1. The van der Waals surface area contributed by atoms with Crippen LogP contribution in [-0.2, 0) is 42.7 Å². The van der Waals surface area contributed by atoms with Crippen LogP contribution in [0.3, 0.4) is 0 Å². The first-order valence-electron chi connectivity index (χ1n) is 16.8. The molecule has 22 nitrogen and oxygen atoms in total. The van der Waals surface area contributed by atoms with Gasteiger partial charge in [0, 0.05) is 20.3 Å². The van der Waals surface area contributed by atoms with Gasteiger partial charge in [0.05, 0.1) is 51.3 Å². The molecule has 4 saturated heterocycles. The molecule has 4 aliphatic rings. The molecule has 22 heteroatoms. The highest BCUT2D eigenvalue weighted by Gasteiger charge is 2.53. The lowest BCUT2D eigenvalue weighted by Crippen LogP contribution is -2.68. The van der Waals surface area contributed by atoms with Crippen LogP contribution in [0.25, 0.3) is 0 Å². The topological polar surface area (TPSA) is 345 Å².